The lowest BCUT2D eigenvalue weighted by Gasteiger charge is -2.35. The summed E-state index contributed by atoms with van der Waals surface area (Å²) in [6, 6.07) is 7.68. The van der Waals surface area contributed by atoms with Crippen molar-refractivity contribution in [2.24, 2.45) is 10.9 Å². The topological polar surface area (TPSA) is 65.0 Å². The van der Waals surface area contributed by atoms with Crippen molar-refractivity contribution in [1.82, 2.24) is 0 Å². The van der Waals surface area contributed by atoms with E-state index in [2.05, 4.69) is 0 Å². The van der Waals surface area contributed by atoms with Crippen LogP contribution in [0.5, 0.6) is 5.75 Å². The van der Waals surface area contributed by atoms with Gasteiger partial charge in [0.25, 0.3) is 0 Å². The van der Waals surface area contributed by atoms with E-state index in [-0.39, 0.29) is 23.8 Å². The molecule has 1 aliphatic heterocycles. The van der Waals surface area contributed by atoms with Crippen molar-refractivity contribution in [3.8, 4) is 5.75 Å². The van der Waals surface area contributed by atoms with E-state index in [9.17, 15) is 9.59 Å². The van der Waals surface area contributed by atoms with Crippen LogP contribution in [-0.4, -0.2) is 30.7 Å². The highest BCUT2D eigenvalue weighted by molar-refractivity contribution is 6.08. The van der Waals surface area contributed by atoms with E-state index < -0.39 is 5.92 Å². The fourth-order valence-electron chi connectivity index (χ4n) is 4.93. The van der Waals surface area contributed by atoms with Crippen LogP contribution in [0.3, 0.4) is 0 Å². The van der Waals surface area contributed by atoms with Crippen LogP contribution in [0.4, 0.5) is 0 Å². The van der Waals surface area contributed by atoms with Gasteiger partial charge in [-0.2, -0.15) is 0 Å². The van der Waals surface area contributed by atoms with Gasteiger partial charge in [0.2, 0.25) is 0 Å². The van der Waals surface area contributed by atoms with Gasteiger partial charge in [0, 0.05) is 29.3 Å². The van der Waals surface area contributed by atoms with E-state index >= 15 is 0 Å². The summed E-state index contributed by atoms with van der Waals surface area (Å²) in [5.74, 6) is -0.361. The zero-order chi connectivity index (χ0) is 20.4. The van der Waals surface area contributed by atoms with Gasteiger partial charge in [-0.3, -0.25) is 14.6 Å². The highest BCUT2D eigenvalue weighted by atomic mass is 16.5. The second-order valence-corrected chi connectivity index (χ2v) is 8.32. The van der Waals surface area contributed by atoms with Crippen molar-refractivity contribution in [1.29, 1.82) is 0 Å². The first-order valence-corrected chi connectivity index (χ1v) is 10.7. The van der Waals surface area contributed by atoms with Crippen LogP contribution in [-0.2, 0) is 14.3 Å². The van der Waals surface area contributed by atoms with Crippen molar-refractivity contribution in [3.63, 3.8) is 0 Å². The molecule has 0 N–H and O–H groups in total. The minimum absolute atomic E-state index is 0.0209. The maximum absolute atomic E-state index is 13.3. The Kier molecular flexibility index (Phi) is 5.84. The van der Waals surface area contributed by atoms with Crippen molar-refractivity contribution >= 4 is 17.5 Å². The highest BCUT2D eigenvalue weighted by Crippen LogP contribution is 2.44. The number of carbonyl (C=O) groups excluding carboxylic acids is 2. The second-order valence-electron chi connectivity index (χ2n) is 8.32. The lowest BCUT2D eigenvalue weighted by Crippen LogP contribution is -2.38. The molecule has 5 heteroatoms. The molecule has 1 unspecified atom stereocenters. The van der Waals surface area contributed by atoms with Gasteiger partial charge in [0.05, 0.1) is 7.11 Å². The zero-order valence-corrected chi connectivity index (χ0v) is 17.3. The summed E-state index contributed by atoms with van der Waals surface area (Å²) >= 11 is 0. The SMILES string of the molecule is COc1cccc([C@H]2C3=C(CCCC3=O)N=C(C)C2C(=O)OC2CCCCC2)c1. The van der Waals surface area contributed by atoms with E-state index in [4.69, 9.17) is 14.5 Å². The van der Waals surface area contributed by atoms with Gasteiger partial charge in [-0.25, -0.2) is 0 Å². The van der Waals surface area contributed by atoms with Crippen LogP contribution >= 0.6 is 0 Å². The summed E-state index contributed by atoms with van der Waals surface area (Å²) in [7, 11) is 1.62. The third kappa shape index (κ3) is 4.00. The Morgan fingerprint density at radius 3 is 2.66 bits per heavy atom. The van der Waals surface area contributed by atoms with E-state index in [0.29, 0.717) is 17.7 Å². The fraction of sp³-hybridized carbons (Fsp3) is 0.542. The molecule has 4 rings (SSSR count). The summed E-state index contributed by atoms with van der Waals surface area (Å²) in [5.41, 5.74) is 3.19. The molecule has 0 bridgehead atoms. The number of hydrogen-bond donors (Lipinski definition) is 0. The molecule has 154 valence electrons. The molecule has 2 atom stereocenters. The number of aliphatic imine (C=N–C) groups is 1. The highest BCUT2D eigenvalue weighted by Gasteiger charge is 2.43. The van der Waals surface area contributed by atoms with Gasteiger partial charge in [-0.05, 0) is 63.1 Å². The van der Waals surface area contributed by atoms with Gasteiger partial charge >= 0.3 is 5.97 Å². The molecule has 0 spiro atoms. The zero-order valence-electron chi connectivity index (χ0n) is 17.3. The standard InChI is InChI=1S/C24H29NO4/c1-15-21(24(27)29-17-9-4-3-5-10-17)22(16-8-6-11-18(14-16)28-2)23-19(25-15)12-7-13-20(23)26/h6,8,11,14,17,21-22H,3-5,7,9-10,12-13H2,1-2H3/t21?,22-/m1/s1. The number of ether oxygens (including phenoxy) is 2. The van der Waals surface area contributed by atoms with Crippen LogP contribution in [0, 0.1) is 5.92 Å². The molecule has 0 saturated heterocycles. The Bertz CT molecular complexity index is 863. The first-order chi connectivity index (χ1) is 14.1. The number of rotatable bonds is 4. The third-order valence-corrected chi connectivity index (χ3v) is 6.38. The summed E-state index contributed by atoms with van der Waals surface area (Å²) in [6.45, 7) is 1.89. The minimum Gasteiger partial charge on any atom is -0.497 e. The Balaban J connectivity index is 1.73. The van der Waals surface area contributed by atoms with E-state index in [1.54, 1.807) is 7.11 Å². The third-order valence-electron chi connectivity index (χ3n) is 6.38. The number of ketones is 1. The monoisotopic (exact) mass is 395 g/mol. The first kappa shape index (κ1) is 19.9. The first-order valence-electron chi connectivity index (χ1n) is 10.7. The Morgan fingerprint density at radius 1 is 1.10 bits per heavy atom. The van der Waals surface area contributed by atoms with Crippen molar-refractivity contribution < 1.29 is 19.1 Å². The lowest BCUT2D eigenvalue weighted by molar-refractivity contribution is -0.153. The summed E-state index contributed by atoms with van der Waals surface area (Å²) in [4.78, 5) is 31.0. The van der Waals surface area contributed by atoms with Gasteiger partial charge in [-0.15, -0.1) is 0 Å². The summed E-state index contributed by atoms with van der Waals surface area (Å²) in [5, 5.41) is 0. The van der Waals surface area contributed by atoms with E-state index in [1.807, 2.05) is 31.2 Å². The van der Waals surface area contributed by atoms with Crippen LogP contribution in [0.25, 0.3) is 0 Å². The van der Waals surface area contributed by atoms with E-state index in [1.165, 1.54) is 6.42 Å². The molecular formula is C24H29NO4. The molecule has 1 aromatic carbocycles. The summed E-state index contributed by atoms with van der Waals surface area (Å²) in [6.07, 6.45) is 7.34. The number of esters is 1. The van der Waals surface area contributed by atoms with Crippen LogP contribution in [0.15, 0.2) is 40.5 Å². The van der Waals surface area contributed by atoms with Gasteiger partial charge < -0.3 is 9.47 Å². The number of methoxy groups -OCH3 is 1. The molecule has 0 aromatic heterocycles. The molecule has 29 heavy (non-hydrogen) atoms. The quantitative estimate of drug-likeness (QED) is 0.690. The molecule has 0 radical (unpaired) electrons. The number of allylic oxidation sites excluding steroid dienone is 2. The molecule has 2 aliphatic carbocycles. The molecule has 0 amide bonds. The predicted octanol–water partition coefficient (Wildman–Crippen LogP) is 4.75. The van der Waals surface area contributed by atoms with Crippen LogP contribution in [0.2, 0.25) is 0 Å². The molecule has 5 nitrogen and oxygen atoms in total. The van der Waals surface area contributed by atoms with Crippen molar-refractivity contribution in [3.05, 3.63) is 41.1 Å². The Hall–Kier alpha value is -2.43. The van der Waals surface area contributed by atoms with Crippen molar-refractivity contribution in [2.75, 3.05) is 7.11 Å². The minimum atomic E-state index is -0.565. The predicted molar refractivity (Wildman–Crippen MR) is 111 cm³/mol. The lowest BCUT2D eigenvalue weighted by atomic mass is 9.71. The average Bonchev–Trinajstić information content (AvgIpc) is 2.73. The van der Waals surface area contributed by atoms with Gasteiger partial charge in [-0.1, -0.05) is 18.6 Å². The average molecular weight is 395 g/mol. The van der Waals surface area contributed by atoms with Gasteiger partial charge in [0.1, 0.15) is 17.8 Å². The van der Waals surface area contributed by atoms with Gasteiger partial charge in [0.15, 0.2) is 5.78 Å². The number of Topliss-reactive ketones (excluding diaryl/α,β-unsaturated/α-hetero) is 1. The number of hydrogen-bond acceptors (Lipinski definition) is 5. The number of benzene rings is 1. The van der Waals surface area contributed by atoms with Crippen LogP contribution in [0.1, 0.15) is 69.8 Å². The maximum Gasteiger partial charge on any atom is 0.315 e. The normalized spacial score (nSPS) is 25.3. The number of nitrogens with zero attached hydrogens (tertiary/aromatic N) is 1. The number of carbonyl (C=O) groups is 2. The summed E-state index contributed by atoms with van der Waals surface area (Å²) < 4.78 is 11.3. The van der Waals surface area contributed by atoms with Crippen LogP contribution < -0.4 is 4.74 Å². The Morgan fingerprint density at radius 2 is 1.90 bits per heavy atom. The molecule has 1 fully saturated rings. The molecule has 1 heterocycles. The maximum atomic E-state index is 13.3. The fourth-order valence-corrected chi connectivity index (χ4v) is 4.93. The molecule has 1 aromatic rings. The molecule has 1 saturated carbocycles. The largest absolute Gasteiger partial charge is 0.497 e. The van der Waals surface area contributed by atoms with E-state index in [0.717, 1.165) is 55.5 Å². The molecular weight excluding hydrogens is 366 g/mol. The Labute approximate surface area is 172 Å². The smallest absolute Gasteiger partial charge is 0.315 e. The molecule has 3 aliphatic rings. The second kappa shape index (κ2) is 8.52. The van der Waals surface area contributed by atoms with Crippen molar-refractivity contribution in [2.45, 2.75) is 70.3 Å².